The largest absolute Gasteiger partial charge is 0.358 e. The summed E-state index contributed by atoms with van der Waals surface area (Å²) in [4.78, 5) is 26.8. The molecule has 0 aromatic heterocycles. The third-order valence-electron chi connectivity index (χ3n) is 6.66. The van der Waals surface area contributed by atoms with Crippen LogP contribution in [0.3, 0.4) is 0 Å². The van der Waals surface area contributed by atoms with Crippen LogP contribution in [0.1, 0.15) is 79.4 Å². The maximum absolute atomic E-state index is 13.5. The SMILES string of the molecule is CC(C)c1ccc([C@@H]2C3=C(CC(C)(C)CC3=O)NC3=C2C(=O)c2ccccc23)cc1. The van der Waals surface area contributed by atoms with Gasteiger partial charge in [0.25, 0.3) is 0 Å². The molecule has 5 rings (SSSR count). The second kappa shape index (κ2) is 6.53. The fraction of sp³-hybridized carbons (Fsp3) is 0.333. The smallest absolute Gasteiger partial charge is 0.192 e. The molecule has 0 radical (unpaired) electrons. The van der Waals surface area contributed by atoms with Crippen molar-refractivity contribution < 1.29 is 9.59 Å². The van der Waals surface area contributed by atoms with Crippen LogP contribution in [0, 0.1) is 5.41 Å². The number of dihydropyridines is 1. The van der Waals surface area contributed by atoms with Crippen LogP contribution in [0.25, 0.3) is 5.70 Å². The van der Waals surface area contributed by atoms with Crippen LogP contribution in [0.15, 0.2) is 65.4 Å². The van der Waals surface area contributed by atoms with Crippen molar-refractivity contribution in [1.82, 2.24) is 5.32 Å². The molecule has 2 aromatic rings. The zero-order valence-electron chi connectivity index (χ0n) is 18.0. The van der Waals surface area contributed by atoms with E-state index in [9.17, 15) is 9.59 Å². The van der Waals surface area contributed by atoms with E-state index in [1.807, 2.05) is 24.3 Å². The Morgan fingerprint density at radius 3 is 2.23 bits per heavy atom. The number of Topliss-reactive ketones (excluding diaryl/α,β-unsaturated/α-hetero) is 2. The van der Waals surface area contributed by atoms with Crippen LogP contribution in [0.4, 0.5) is 0 Å². The minimum atomic E-state index is -0.305. The van der Waals surface area contributed by atoms with Gasteiger partial charge in [-0.25, -0.2) is 0 Å². The summed E-state index contributed by atoms with van der Waals surface area (Å²) < 4.78 is 0. The summed E-state index contributed by atoms with van der Waals surface area (Å²) in [5, 5.41) is 3.54. The first-order valence-electron chi connectivity index (χ1n) is 10.8. The number of fused-ring (bicyclic) bond motifs is 2. The molecular weight excluding hydrogens is 370 g/mol. The molecule has 0 unspecified atom stereocenters. The summed E-state index contributed by atoms with van der Waals surface area (Å²) in [5.74, 6) is 0.323. The molecule has 0 saturated carbocycles. The van der Waals surface area contributed by atoms with Crippen molar-refractivity contribution >= 4 is 17.3 Å². The van der Waals surface area contributed by atoms with E-state index in [-0.39, 0.29) is 22.9 Å². The highest BCUT2D eigenvalue weighted by Crippen LogP contribution is 2.51. The number of allylic oxidation sites excluding steroid dienone is 3. The Labute approximate surface area is 177 Å². The summed E-state index contributed by atoms with van der Waals surface area (Å²) >= 11 is 0. The molecule has 1 N–H and O–H groups in total. The summed E-state index contributed by atoms with van der Waals surface area (Å²) in [6.45, 7) is 8.62. The third kappa shape index (κ3) is 2.79. The van der Waals surface area contributed by atoms with Gasteiger partial charge in [0.15, 0.2) is 11.6 Å². The topological polar surface area (TPSA) is 46.2 Å². The van der Waals surface area contributed by atoms with Crippen LogP contribution in [-0.2, 0) is 4.79 Å². The highest BCUT2D eigenvalue weighted by molar-refractivity contribution is 6.23. The first kappa shape index (κ1) is 19.0. The van der Waals surface area contributed by atoms with Crippen molar-refractivity contribution in [3.05, 3.63) is 87.6 Å². The Balaban J connectivity index is 1.71. The maximum Gasteiger partial charge on any atom is 0.192 e. The predicted octanol–water partition coefficient (Wildman–Crippen LogP) is 5.75. The lowest BCUT2D eigenvalue weighted by Gasteiger charge is -2.39. The van der Waals surface area contributed by atoms with E-state index in [1.165, 1.54) is 5.56 Å². The average Bonchev–Trinajstić information content (AvgIpc) is 2.98. The van der Waals surface area contributed by atoms with Gasteiger partial charge in [0.05, 0.1) is 5.70 Å². The van der Waals surface area contributed by atoms with Gasteiger partial charge in [-0.1, -0.05) is 76.2 Å². The van der Waals surface area contributed by atoms with Gasteiger partial charge < -0.3 is 5.32 Å². The van der Waals surface area contributed by atoms with E-state index in [4.69, 9.17) is 0 Å². The minimum Gasteiger partial charge on any atom is -0.358 e. The molecule has 30 heavy (non-hydrogen) atoms. The van der Waals surface area contributed by atoms with Gasteiger partial charge in [-0.15, -0.1) is 0 Å². The summed E-state index contributed by atoms with van der Waals surface area (Å²) in [6.07, 6.45) is 1.32. The molecule has 0 amide bonds. The quantitative estimate of drug-likeness (QED) is 0.702. The lowest BCUT2D eigenvalue weighted by Crippen LogP contribution is -2.37. The van der Waals surface area contributed by atoms with Crippen molar-refractivity contribution in [2.24, 2.45) is 5.41 Å². The summed E-state index contributed by atoms with van der Waals surface area (Å²) in [7, 11) is 0. The molecule has 0 saturated heterocycles. The van der Waals surface area contributed by atoms with Crippen molar-refractivity contribution in [3.8, 4) is 0 Å². The third-order valence-corrected chi connectivity index (χ3v) is 6.66. The number of rotatable bonds is 2. The second-order valence-electron chi connectivity index (χ2n) is 9.88. The van der Waals surface area contributed by atoms with Crippen LogP contribution in [0.5, 0.6) is 0 Å². The van der Waals surface area contributed by atoms with Gasteiger partial charge >= 0.3 is 0 Å². The van der Waals surface area contributed by atoms with E-state index in [0.29, 0.717) is 12.3 Å². The Hall–Kier alpha value is -2.94. The maximum atomic E-state index is 13.5. The van der Waals surface area contributed by atoms with Gasteiger partial charge in [0, 0.05) is 40.3 Å². The molecule has 0 bridgehead atoms. The number of carbonyl (C=O) groups excluding carboxylic acids is 2. The molecule has 2 aromatic carbocycles. The van der Waals surface area contributed by atoms with Gasteiger partial charge in [0.2, 0.25) is 0 Å². The van der Waals surface area contributed by atoms with Gasteiger partial charge in [-0.2, -0.15) is 0 Å². The van der Waals surface area contributed by atoms with Crippen molar-refractivity contribution in [3.63, 3.8) is 0 Å². The molecule has 2 aliphatic carbocycles. The Morgan fingerprint density at radius 2 is 1.57 bits per heavy atom. The zero-order valence-corrected chi connectivity index (χ0v) is 18.0. The Bertz CT molecular complexity index is 1150. The fourth-order valence-electron chi connectivity index (χ4n) is 5.20. The van der Waals surface area contributed by atoms with E-state index >= 15 is 0 Å². The van der Waals surface area contributed by atoms with E-state index in [1.54, 1.807) is 0 Å². The number of benzene rings is 2. The van der Waals surface area contributed by atoms with Crippen LogP contribution in [0.2, 0.25) is 0 Å². The molecule has 0 fully saturated rings. The number of hydrogen-bond acceptors (Lipinski definition) is 3. The molecule has 3 heteroatoms. The summed E-state index contributed by atoms with van der Waals surface area (Å²) in [6, 6.07) is 16.2. The molecule has 0 spiro atoms. The number of hydrogen-bond donors (Lipinski definition) is 1. The first-order valence-corrected chi connectivity index (χ1v) is 10.8. The Kier molecular flexibility index (Phi) is 4.15. The molecule has 1 atom stereocenters. The minimum absolute atomic E-state index is 0.0372. The summed E-state index contributed by atoms with van der Waals surface area (Å²) in [5.41, 5.74) is 7.24. The van der Waals surface area contributed by atoms with Crippen LogP contribution < -0.4 is 5.32 Å². The zero-order chi connectivity index (χ0) is 21.2. The first-order chi connectivity index (χ1) is 14.3. The van der Waals surface area contributed by atoms with Crippen molar-refractivity contribution in [2.45, 2.75) is 52.4 Å². The fourth-order valence-corrected chi connectivity index (χ4v) is 5.20. The van der Waals surface area contributed by atoms with Crippen molar-refractivity contribution in [1.29, 1.82) is 0 Å². The monoisotopic (exact) mass is 397 g/mol. The Morgan fingerprint density at radius 1 is 0.900 bits per heavy atom. The lowest BCUT2D eigenvalue weighted by molar-refractivity contribution is -0.118. The molecule has 3 nitrogen and oxygen atoms in total. The standard InChI is InChI=1S/C27H27NO2/c1-15(2)16-9-11-17(12-10-16)22-23-20(13-27(3,4)14-21(23)29)28-25-18-7-5-6-8-19(18)26(30)24(22)25/h5-12,15,22,28H,13-14H2,1-4H3/t22-/m1/s1. The van der Waals surface area contributed by atoms with E-state index in [2.05, 4.69) is 57.3 Å². The van der Waals surface area contributed by atoms with E-state index < -0.39 is 0 Å². The molecule has 1 heterocycles. The van der Waals surface area contributed by atoms with Gasteiger partial charge in [-0.3, -0.25) is 9.59 Å². The van der Waals surface area contributed by atoms with Gasteiger partial charge in [-0.05, 0) is 28.9 Å². The molecule has 152 valence electrons. The van der Waals surface area contributed by atoms with Crippen molar-refractivity contribution in [2.75, 3.05) is 0 Å². The number of nitrogens with one attached hydrogen (secondary N) is 1. The highest BCUT2D eigenvalue weighted by Gasteiger charge is 2.46. The normalized spacial score (nSPS) is 22.1. The van der Waals surface area contributed by atoms with Crippen LogP contribution in [-0.4, -0.2) is 11.6 Å². The molecular formula is C27H27NO2. The number of carbonyl (C=O) groups is 2. The number of ketones is 2. The van der Waals surface area contributed by atoms with Crippen LogP contribution >= 0.6 is 0 Å². The highest BCUT2D eigenvalue weighted by atomic mass is 16.1. The van der Waals surface area contributed by atoms with E-state index in [0.717, 1.165) is 45.7 Å². The lowest BCUT2D eigenvalue weighted by atomic mass is 9.68. The van der Waals surface area contributed by atoms with Gasteiger partial charge in [0.1, 0.15) is 0 Å². The molecule has 3 aliphatic rings. The average molecular weight is 398 g/mol. The second-order valence-corrected chi connectivity index (χ2v) is 9.88. The predicted molar refractivity (Wildman–Crippen MR) is 119 cm³/mol. The molecule has 1 aliphatic heterocycles.